The summed E-state index contributed by atoms with van der Waals surface area (Å²) in [4.78, 5) is 14.2. The molecule has 0 atom stereocenters. The monoisotopic (exact) mass is 293 g/mol. The molecule has 116 valence electrons. The number of nitrogen functional groups attached to an aromatic ring is 1. The van der Waals surface area contributed by atoms with Crippen molar-refractivity contribution in [3.8, 4) is 0 Å². The third-order valence-electron chi connectivity index (χ3n) is 4.65. The highest BCUT2D eigenvalue weighted by Gasteiger charge is 2.35. The third-order valence-corrected chi connectivity index (χ3v) is 4.65. The minimum absolute atomic E-state index is 0.149. The zero-order valence-electron chi connectivity index (χ0n) is 12.8. The molecule has 0 aromatic heterocycles. The Hall–Kier alpha value is -1.62. The van der Waals surface area contributed by atoms with E-state index in [0.29, 0.717) is 17.6 Å². The van der Waals surface area contributed by atoms with E-state index in [1.165, 1.54) is 18.2 Å². The van der Waals surface area contributed by atoms with Gasteiger partial charge in [0.1, 0.15) is 5.82 Å². The summed E-state index contributed by atoms with van der Waals surface area (Å²) in [7, 11) is 0. The molecule has 1 aromatic rings. The molecular formula is C16H24FN3O. The Bertz CT molecular complexity index is 514. The number of halogens is 1. The lowest BCUT2D eigenvalue weighted by Gasteiger charge is -2.26. The number of anilines is 2. The lowest BCUT2D eigenvalue weighted by molar-refractivity contribution is -0.117. The number of carbonyl (C=O) groups is 1. The van der Waals surface area contributed by atoms with Crippen LogP contribution in [-0.2, 0) is 4.79 Å². The molecule has 21 heavy (non-hydrogen) atoms. The fraction of sp³-hybridized carbons (Fsp3) is 0.562. The van der Waals surface area contributed by atoms with Gasteiger partial charge in [0.05, 0.1) is 12.2 Å². The first-order valence-corrected chi connectivity index (χ1v) is 7.55. The Morgan fingerprint density at radius 2 is 2.14 bits per heavy atom. The number of carbonyl (C=O) groups excluding carboxylic acids is 1. The van der Waals surface area contributed by atoms with Crippen LogP contribution in [0.25, 0.3) is 0 Å². The second kappa shape index (κ2) is 6.43. The lowest BCUT2D eigenvalue weighted by Crippen LogP contribution is -2.33. The number of benzene rings is 1. The van der Waals surface area contributed by atoms with E-state index in [9.17, 15) is 9.18 Å². The van der Waals surface area contributed by atoms with Gasteiger partial charge in [0.2, 0.25) is 5.91 Å². The van der Waals surface area contributed by atoms with Gasteiger partial charge >= 0.3 is 0 Å². The number of nitrogens with two attached hydrogens (primary N) is 1. The van der Waals surface area contributed by atoms with Crippen molar-refractivity contribution >= 4 is 17.3 Å². The third kappa shape index (κ3) is 3.73. The average Bonchev–Trinajstić information content (AvgIpc) is 2.87. The lowest BCUT2D eigenvalue weighted by atomic mass is 9.82. The van der Waals surface area contributed by atoms with Crippen LogP contribution in [0.1, 0.15) is 33.1 Å². The minimum Gasteiger partial charge on any atom is -0.399 e. The van der Waals surface area contributed by atoms with Crippen LogP contribution in [0.4, 0.5) is 15.8 Å². The smallest absolute Gasteiger partial charge is 0.238 e. The Morgan fingerprint density at radius 3 is 2.76 bits per heavy atom. The highest BCUT2D eigenvalue weighted by molar-refractivity contribution is 5.92. The number of amides is 1. The van der Waals surface area contributed by atoms with Crippen molar-refractivity contribution < 1.29 is 9.18 Å². The fourth-order valence-electron chi connectivity index (χ4n) is 3.02. The summed E-state index contributed by atoms with van der Waals surface area (Å²) in [6.45, 7) is 6.57. The molecule has 0 saturated carbocycles. The maximum absolute atomic E-state index is 13.6. The van der Waals surface area contributed by atoms with Gasteiger partial charge in [-0.25, -0.2) is 4.39 Å². The fourth-order valence-corrected chi connectivity index (χ4v) is 3.02. The van der Waals surface area contributed by atoms with Crippen molar-refractivity contribution in [2.24, 2.45) is 5.41 Å². The van der Waals surface area contributed by atoms with Gasteiger partial charge in [-0.15, -0.1) is 0 Å². The Labute approximate surface area is 125 Å². The molecule has 0 bridgehead atoms. The molecule has 0 unspecified atom stereocenters. The number of hydrogen-bond donors (Lipinski definition) is 2. The largest absolute Gasteiger partial charge is 0.399 e. The molecule has 0 aliphatic carbocycles. The van der Waals surface area contributed by atoms with Gasteiger partial charge in [-0.05, 0) is 49.4 Å². The van der Waals surface area contributed by atoms with Gasteiger partial charge in [-0.2, -0.15) is 0 Å². The predicted octanol–water partition coefficient (Wildman–Crippen LogP) is 2.86. The van der Waals surface area contributed by atoms with Crippen molar-refractivity contribution in [1.82, 2.24) is 4.90 Å². The number of nitrogens with one attached hydrogen (secondary N) is 1. The van der Waals surface area contributed by atoms with Crippen molar-refractivity contribution in [3.63, 3.8) is 0 Å². The van der Waals surface area contributed by atoms with E-state index in [1.54, 1.807) is 0 Å². The van der Waals surface area contributed by atoms with Gasteiger partial charge in [0, 0.05) is 12.2 Å². The van der Waals surface area contributed by atoms with Crippen LogP contribution in [0.5, 0.6) is 0 Å². The summed E-state index contributed by atoms with van der Waals surface area (Å²) in [5, 5.41) is 2.61. The molecule has 1 aliphatic rings. The van der Waals surface area contributed by atoms with E-state index in [1.807, 2.05) is 0 Å². The summed E-state index contributed by atoms with van der Waals surface area (Å²) in [6, 6.07) is 4.18. The molecule has 4 nitrogen and oxygen atoms in total. The maximum atomic E-state index is 13.6. The molecule has 0 spiro atoms. The molecule has 1 aliphatic heterocycles. The van der Waals surface area contributed by atoms with E-state index in [4.69, 9.17) is 5.73 Å². The molecule has 1 heterocycles. The summed E-state index contributed by atoms with van der Waals surface area (Å²) in [5.74, 6) is -0.655. The molecule has 1 aromatic carbocycles. The molecular weight excluding hydrogens is 269 g/mol. The Kier molecular flexibility index (Phi) is 4.83. The molecule has 0 radical (unpaired) electrons. The summed E-state index contributed by atoms with van der Waals surface area (Å²) in [6.07, 6.45) is 3.39. The van der Waals surface area contributed by atoms with Gasteiger partial charge < -0.3 is 11.1 Å². The number of likely N-dealkylation sites (tertiary alicyclic amines) is 1. The van der Waals surface area contributed by atoms with Crippen molar-refractivity contribution in [1.29, 1.82) is 0 Å². The average molecular weight is 293 g/mol. The van der Waals surface area contributed by atoms with Crippen LogP contribution >= 0.6 is 0 Å². The van der Waals surface area contributed by atoms with Crippen LogP contribution in [0.2, 0.25) is 0 Å². The normalized spacial score (nSPS) is 17.9. The van der Waals surface area contributed by atoms with Crippen LogP contribution in [0, 0.1) is 11.2 Å². The molecule has 1 fully saturated rings. The van der Waals surface area contributed by atoms with E-state index in [2.05, 4.69) is 24.1 Å². The first-order chi connectivity index (χ1) is 9.98. The number of nitrogens with zero attached hydrogens (tertiary/aromatic N) is 1. The van der Waals surface area contributed by atoms with E-state index >= 15 is 0 Å². The van der Waals surface area contributed by atoms with Gasteiger partial charge in [0.25, 0.3) is 0 Å². The van der Waals surface area contributed by atoms with Crippen LogP contribution in [-0.4, -0.2) is 30.4 Å². The number of hydrogen-bond acceptors (Lipinski definition) is 3. The summed E-state index contributed by atoms with van der Waals surface area (Å²) in [5.41, 5.74) is 6.53. The van der Waals surface area contributed by atoms with Crippen LogP contribution in [0.3, 0.4) is 0 Å². The first-order valence-electron chi connectivity index (χ1n) is 7.55. The van der Waals surface area contributed by atoms with E-state index in [0.717, 1.165) is 32.4 Å². The highest BCUT2D eigenvalue weighted by atomic mass is 19.1. The SMILES string of the molecule is CCC1(CC)CCN(CC(=O)Nc2cc(N)ccc2F)C1. The van der Waals surface area contributed by atoms with Gasteiger partial charge in [0.15, 0.2) is 0 Å². The Morgan fingerprint density at radius 1 is 1.43 bits per heavy atom. The van der Waals surface area contributed by atoms with E-state index < -0.39 is 5.82 Å². The molecule has 3 N–H and O–H groups in total. The van der Waals surface area contributed by atoms with Crippen LogP contribution in [0.15, 0.2) is 18.2 Å². The highest BCUT2D eigenvalue weighted by Crippen LogP contribution is 2.36. The van der Waals surface area contributed by atoms with Crippen molar-refractivity contribution in [2.75, 3.05) is 30.7 Å². The van der Waals surface area contributed by atoms with Gasteiger partial charge in [-0.1, -0.05) is 13.8 Å². The topological polar surface area (TPSA) is 58.4 Å². The first kappa shape index (κ1) is 15.8. The zero-order chi connectivity index (χ0) is 15.5. The molecule has 1 saturated heterocycles. The minimum atomic E-state index is -0.463. The summed E-state index contributed by atoms with van der Waals surface area (Å²) >= 11 is 0. The second-order valence-electron chi connectivity index (χ2n) is 5.96. The van der Waals surface area contributed by atoms with Crippen LogP contribution < -0.4 is 11.1 Å². The molecule has 1 amide bonds. The Balaban J connectivity index is 1.92. The summed E-state index contributed by atoms with van der Waals surface area (Å²) < 4.78 is 13.6. The van der Waals surface area contributed by atoms with E-state index in [-0.39, 0.29) is 11.6 Å². The number of rotatable bonds is 5. The zero-order valence-corrected chi connectivity index (χ0v) is 12.8. The van der Waals surface area contributed by atoms with Gasteiger partial charge in [-0.3, -0.25) is 9.69 Å². The molecule has 2 rings (SSSR count). The van der Waals surface area contributed by atoms with Crippen molar-refractivity contribution in [2.45, 2.75) is 33.1 Å². The second-order valence-corrected chi connectivity index (χ2v) is 5.96. The standard InChI is InChI=1S/C16H24FN3O/c1-3-16(4-2)7-8-20(11-16)10-15(21)19-14-9-12(18)5-6-13(14)17/h5-6,9H,3-4,7-8,10-11,18H2,1-2H3,(H,19,21). The molecule has 5 heteroatoms. The van der Waals surface area contributed by atoms with Crippen molar-refractivity contribution in [3.05, 3.63) is 24.0 Å². The quantitative estimate of drug-likeness (QED) is 0.821. The maximum Gasteiger partial charge on any atom is 0.238 e. The predicted molar refractivity (Wildman–Crippen MR) is 83.5 cm³/mol.